The maximum Gasteiger partial charge on any atom is 0.263 e. The maximum absolute atomic E-state index is 10.8. The molecular formula is C8H10O4. The highest BCUT2D eigenvalue weighted by atomic mass is 16.5. The molecule has 1 heterocycles. The van der Waals surface area contributed by atoms with Gasteiger partial charge in [0, 0.05) is 0 Å². The summed E-state index contributed by atoms with van der Waals surface area (Å²) in [5.74, 6) is -1.16. The molecule has 66 valence electrons. The van der Waals surface area contributed by atoms with E-state index in [1.54, 1.807) is 13.8 Å². The molecule has 0 amide bonds. The minimum Gasteiger partial charge on any atom is -0.508 e. The van der Waals surface area contributed by atoms with Gasteiger partial charge in [0.05, 0.1) is 5.41 Å². The number of aliphatic hydroxyl groups is 1. The van der Waals surface area contributed by atoms with Gasteiger partial charge in [0.25, 0.3) is 5.78 Å². The van der Waals surface area contributed by atoms with Gasteiger partial charge in [0.15, 0.2) is 6.29 Å². The second-order valence-electron chi connectivity index (χ2n) is 3.33. The fourth-order valence-electron chi connectivity index (χ4n) is 0.938. The van der Waals surface area contributed by atoms with Crippen molar-refractivity contribution in [3.63, 3.8) is 0 Å². The van der Waals surface area contributed by atoms with Gasteiger partial charge < -0.3 is 9.84 Å². The number of hydrogen-bond acceptors (Lipinski definition) is 4. The Morgan fingerprint density at radius 1 is 1.67 bits per heavy atom. The SMILES string of the molecule is CC1(C)COC(C(=O)C=O)=C1O. The average Bonchev–Trinajstić information content (AvgIpc) is 2.27. The number of aliphatic hydroxyl groups excluding tert-OH is 1. The van der Waals surface area contributed by atoms with Crippen LogP contribution in [-0.4, -0.2) is 23.8 Å². The Labute approximate surface area is 69.8 Å². The molecular weight excluding hydrogens is 160 g/mol. The molecule has 1 aliphatic rings. The number of rotatable bonds is 2. The van der Waals surface area contributed by atoms with Gasteiger partial charge in [-0.15, -0.1) is 0 Å². The molecule has 0 aromatic carbocycles. The smallest absolute Gasteiger partial charge is 0.263 e. The molecule has 4 heteroatoms. The molecule has 0 aromatic heterocycles. The highest BCUT2D eigenvalue weighted by Crippen LogP contribution is 2.34. The lowest BCUT2D eigenvalue weighted by molar-refractivity contribution is -0.129. The van der Waals surface area contributed by atoms with Crippen molar-refractivity contribution in [1.82, 2.24) is 0 Å². The van der Waals surface area contributed by atoms with Crippen LogP contribution >= 0.6 is 0 Å². The predicted molar refractivity (Wildman–Crippen MR) is 40.5 cm³/mol. The number of Topliss-reactive ketones (excluding diaryl/α,β-unsaturated/α-hetero) is 1. The van der Waals surface area contributed by atoms with Crippen molar-refractivity contribution in [2.75, 3.05) is 6.61 Å². The third kappa shape index (κ3) is 1.20. The predicted octanol–water partition coefficient (Wildman–Crippen LogP) is 0.580. The van der Waals surface area contributed by atoms with Crippen molar-refractivity contribution in [2.45, 2.75) is 13.8 Å². The van der Waals surface area contributed by atoms with Crippen LogP contribution in [0.5, 0.6) is 0 Å². The van der Waals surface area contributed by atoms with Crippen LogP contribution in [-0.2, 0) is 14.3 Å². The minimum atomic E-state index is -0.807. The second-order valence-corrected chi connectivity index (χ2v) is 3.33. The van der Waals surface area contributed by atoms with E-state index in [0.717, 1.165) is 0 Å². The Morgan fingerprint density at radius 3 is 2.58 bits per heavy atom. The zero-order valence-corrected chi connectivity index (χ0v) is 6.96. The number of allylic oxidation sites excluding steroid dienone is 1. The first-order valence-corrected chi connectivity index (χ1v) is 3.55. The van der Waals surface area contributed by atoms with Crippen LogP contribution in [0.3, 0.4) is 0 Å². The summed E-state index contributed by atoms with van der Waals surface area (Å²) in [6, 6.07) is 0. The summed E-state index contributed by atoms with van der Waals surface area (Å²) in [4.78, 5) is 20.9. The van der Waals surface area contributed by atoms with Crippen molar-refractivity contribution in [2.24, 2.45) is 5.41 Å². The fourth-order valence-corrected chi connectivity index (χ4v) is 0.938. The Morgan fingerprint density at radius 2 is 2.25 bits per heavy atom. The summed E-state index contributed by atoms with van der Waals surface area (Å²) in [5.41, 5.74) is -0.562. The largest absolute Gasteiger partial charge is 0.508 e. The first kappa shape index (κ1) is 8.77. The Bertz CT molecular complexity index is 262. The molecule has 0 unspecified atom stereocenters. The lowest BCUT2D eigenvalue weighted by Crippen LogP contribution is -2.14. The molecule has 1 rings (SSSR count). The molecule has 0 atom stereocenters. The van der Waals surface area contributed by atoms with Crippen LogP contribution in [0.25, 0.3) is 0 Å². The monoisotopic (exact) mass is 170 g/mol. The molecule has 0 spiro atoms. The Kier molecular flexibility index (Phi) is 1.92. The minimum absolute atomic E-state index is 0.132. The third-order valence-corrected chi connectivity index (χ3v) is 1.76. The molecule has 1 aliphatic heterocycles. The molecule has 0 saturated carbocycles. The number of hydrogen-bond donors (Lipinski definition) is 1. The van der Waals surface area contributed by atoms with Gasteiger partial charge in [-0.2, -0.15) is 0 Å². The standard InChI is InChI=1S/C8H10O4/c1-8(2)4-12-6(7(8)11)5(10)3-9/h3,11H,4H2,1-2H3. The quantitative estimate of drug-likeness (QED) is 0.486. The number of carbonyl (C=O) groups is 2. The topological polar surface area (TPSA) is 63.6 Å². The molecule has 0 fully saturated rings. The van der Waals surface area contributed by atoms with E-state index in [1.165, 1.54) is 0 Å². The molecule has 0 bridgehead atoms. The van der Waals surface area contributed by atoms with Crippen molar-refractivity contribution in [3.8, 4) is 0 Å². The van der Waals surface area contributed by atoms with Gasteiger partial charge in [-0.3, -0.25) is 9.59 Å². The number of aldehydes is 1. The summed E-state index contributed by atoms with van der Waals surface area (Å²) in [5, 5.41) is 9.39. The fraction of sp³-hybridized carbons (Fsp3) is 0.500. The van der Waals surface area contributed by atoms with Gasteiger partial charge in [0.1, 0.15) is 12.4 Å². The number of ether oxygens (including phenoxy) is 1. The van der Waals surface area contributed by atoms with E-state index < -0.39 is 11.2 Å². The Hall–Kier alpha value is -1.32. The van der Waals surface area contributed by atoms with Gasteiger partial charge >= 0.3 is 0 Å². The first-order valence-electron chi connectivity index (χ1n) is 3.55. The van der Waals surface area contributed by atoms with E-state index in [-0.39, 0.29) is 24.4 Å². The molecule has 4 nitrogen and oxygen atoms in total. The Balaban J connectivity index is 3.00. The van der Waals surface area contributed by atoms with Crippen LogP contribution in [0.2, 0.25) is 0 Å². The zero-order valence-electron chi connectivity index (χ0n) is 6.96. The zero-order chi connectivity index (χ0) is 9.35. The highest BCUT2D eigenvalue weighted by molar-refractivity contribution is 6.32. The summed E-state index contributed by atoms with van der Waals surface area (Å²) in [7, 11) is 0. The van der Waals surface area contributed by atoms with Crippen LogP contribution < -0.4 is 0 Å². The van der Waals surface area contributed by atoms with Crippen LogP contribution in [0.1, 0.15) is 13.8 Å². The third-order valence-electron chi connectivity index (χ3n) is 1.76. The summed E-state index contributed by atoms with van der Waals surface area (Å²) < 4.78 is 4.88. The van der Waals surface area contributed by atoms with E-state index in [1.807, 2.05) is 0 Å². The van der Waals surface area contributed by atoms with E-state index in [0.29, 0.717) is 0 Å². The molecule has 0 aromatic rings. The first-order chi connectivity index (χ1) is 5.49. The molecule has 1 N–H and O–H groups in total. The lowest BCUT2D eigenvalue weighted by Gasteiger charge is -2.13. The summed E-state index contributed by atoms with van der Waals surface area (Å²) in [6.07, 6.45) is 0.132. The van der Waals surface area contributed by atoms with Gasteiger partial charge in [-0.1, -0.05) is 0 Å². The van der Waals surface area contributed by atoms with Crippen molar-refractivity contribution >= 4 is 12.1 Å². The van der Waals surface area contributed by atoms with Gasteiger partial charge in [-0.05, 0) is 13.8 Å². The maximum atomic E-state index is 10.8. The second kappa shape index (κ2) is 2.62. The van der Waals surface area contributed by atoms with E-state index in [2.05, 4.69) is 0 Å². The van der Waals surface area contributed by atoms with E-state index >= 15 is 0 Å². The van der Waals surface area contributed by atoms with Crippen molar-refractivity contribution in [1.29, 1.82) is 0 Å². The summed E-state index contributed by atoms with van der Waals surface area (Å²) in [6.45, 7) is 3.69. The number of carbonyl (C=O) groups excluding carboxylic acids is 2. The molecule has 12 heavy (non-hydrogen) atoms. The molecule has 0 radical (unpaired) electrons. The van der Waals surface area contributed by atoms with E-state index in [9.17, 15) is 14.7 Å². The van der Waals surface area contributed by atoms with Crippen LogP contribution in [0.4, 0.5) is 0 Å². The van der Waals surface area contributed by atoms with Crippen molar-refractivity contribution < 1.29 is 19.4 Å². The van der Waals surface area contributed by atoms with E-state index in [4.69, 9.17) is 4.74 Å². The van der Waals surface area contributed by atoms with Gasteiger partial charge in [-0.25, -0.2) is 0 Å². The van der Waals surface area contributed by atoms with Crippen LogP contribution in [0.15, 0.2) is 11.5 Å². The molecule has 0 saturated heterocycles. The van der Waals surface area contributed by atoms with Gasteiger partial charge in [0.2, 0.25) is 5.76 Å². The van der Waals surface area contributed by atoms with Crippen molar-refractivity contribution in [3.05, 3.63) is 11.5 Å². The average molecular weight is 170 g/mol. The number of ketones is 1. The summed E-state index contributed by atoms with van der Waals surface area (Å²) >= 11 is 0. The molecule has 0 aliphatic carbocycles. The lowest BCUT2D eigenvalue weighted by atomic mass is 9.93. The normalized spacial score (nSPS) is 20.5. The van der Waals surface area contributed by atoms with Crippen LogP contribution in [0, 0.1) is 5.41 Å². The highest BCUT2D eigenvalue weighted by Gasteiger charge is 2.37.